The number of aromatic amines is 1. The van der Waals surface area contributed by atoms with Crippen LogP contribution in [0.4, 0.5) is 4.79 Å². The fourth-order valence-electron chi connectivity index (χ4n) is 2.19. The molecule has 5 nitrogen and oxygen atoms in total. The molecule has 20 heavy (non-hydrogen) atoms. The van der Waals surface area contributed by atoms with Crippen molar-refractivity contribution in [3.63, 3.8) is 0 Å². The summed E-state index contributed by atoms with van der Waals surface area (Å²) in [5.74, 6) is 0.857. The minimum atomic E-state index is -0.455. The van der Waals surface area contributed by atoms with E-state index in [1.165, 1.54) is 0 Å². The maximum atomic E-state index is 12.1. The molecular formula is C15H27N3O2. The second kappa shape index (κ2) is 6.77. The first-order valence-corrected chi connectivity index (χ1v) is 7.38. The fraction of sp³-hybridized carbons (Fsp3) is 0.733. The highest BCUT2D eigenvalue weighted by atomic mass is 16.6. The molecule has 1 aliphatic rings. The lowest BCUT2D eigenvalue weighted by Gasteiger charge is -2.27. The summed E-state index contributed by atoms with van der Waals surface area (Å²) < 4.78 is 5.43. The highest BCUT2D eigenvalue weighted by Crippen LogP contribution is 2.31. The van der Waals surface area contributed by atoms with Crippen LogP contribution >= 0.6 is 0 Å². The second-order valence-electron chi connectivity index (χ2n) is 5.78. The predicted octanol–water partition coefficient (Wildman–Crippen LogP) is 3.82. The topological polar surface area (TPSA) is 58.2 Å². The van der Waals surface area contributed by atoms with Crippen molar-refractivity contribution in [1.82, 2.24) is 14.9 Å². The summed E-state index contributed by atoms with van der Waals surface area (Å²) in [4.78, 5) is 21.4. The van der Waals surface area contributed by atoms with Gasteiger partial charge in [0.05, 0.1) is 6.04 Å². The molecule has 0 unspecified atom stereocenters. The van der Waals surface area contributed by atoms with Gasteiger partial charge in [-0.25, -0.2) is 9.78 Å². The van der Waals surface area contributed by atoms with E-state index in [4.69, 9.17) is 4.74 Å². The molecule has 2 heterocycles. The molecular weight excluding hydrogens is 254 g/mol. The quantitative estimate of drug-likeness (QED) is 0.851. The largest absolute Gasteiger partial charge is 0.444 e. The molecule has 0 aliphatic carbocycles. The van der Waals surface area contributed by atoms with Crippen molar-refractivity contribution in [2.75, 3.05) is 6.54 Å². The molecule has 0 spiro atoms. The maximum absolute atomic E-state index is 12.1. The molecule has 1 aliphatic heterocycles. The molecule has 1 saturated heterocycles. The van der Waals surface area contributed by atoms with Gasteiger partial charge >= 0.3 is 6.09 Å². The summed E-state index contributed by atoms with van der Waals surface area (Å²) in [6, 6.07) is 0.0218. The lowest BCUT2D eigenvalue weighted by atomic mass is 10.2. The van der Waals surface area contributed by atoms with Crippen LogP contribution in [0.3, 0.4) is 0 Å². The van der Waals surface area contributed by atoms with Crippen LogP contribution in [-0.4, -0.2) is 33.1 Å². The van der Waals surface area contributed by atoms with Crippen LogP contribution in [0.1, 0.15) is 65.0 Å². The average molecular weight is 281 g/mol. The summed E-state index contributed by atoms with van der Waals surface area (Å²) >= 11 is 0. The van der Waals surface area contributed by atoms with Crippen molar-refractivity contribution in [3.05, 3.63) is 17.7 Å². The van der Waals surface area contributed by atoms with Gasteiger partial charge in [0.25, 0.3) is 0 Å². The molecule has 2 rings (SSSR count). The first-order chi connectivity index (χ1) is 9.37. The molecule has 0 bridgehead atoms. The lowest BCUT2D eigenvalue weighted by Crippen LogP contribution is -2.36. The molecule has 1 atom stereocenters. The highest BCUT2D eigenvalue weighted by molar-refractivity contribution is 5.69. The maximum Gasteiger partial charge on any atom is 0.410 e. The normalized spacial score (nSPS) is 18.5. The molecule has 0 saturated carbocycles. The SMILES string of the molecule is CC.Cc1cnc([C@@H]2CCCN2C(=O)OC(C)(C)C)[nH]1. The zero-order valence-corrected chi connectivity index (χ0v) is 13.5. The molecule has 1 N–H and O–H groups in total. The molecule has 0 radical (unpaired) electrons. The van der Waals surface area contributed by atoms with Gasteiger partial charge in [0.2, 0.25) is 0 Å². The molecule has 5 heteroatoms. The number of nitrogens with one attached hydrogen (secondary N) is 1. The minimum absolute atomic E-state index is 0.0218. The van der Waals surface area contributed by atoms with Gasteiger partial charge < -0.3 is 9.72 Å². The third kappa shape index (κ3) is 4.25. The number of aryl methyl sites for hydroxylation is 1. The van der Waals surface area contributed by atoms with E-state index in [0.29, 0.717) is 0 Å². The van der Waals surface area contributed by atoms with Crippen LogP contribution in [0.2, 0.25) is 0 Å². The number of amides is 1. The number of hydrogen-bond acceptors (Lipinski definition) is 3. The van der Waals surface area contributed by atoms with Crippen LogP contribution in [0, 0.1) is 6.92 Å². The van der Waals surface area contributed by atoms with E-state index < -0.39 is 5.60 Å². The Hall–Kier alpha value is -1.52. The van der Waals surface area contributed by atoms with Gasteiger partial charge in [-0.15, -0.1) is 0 Å². The predicted molar refractivity (Wildman–Crippen MR) is 79.6 cm³/mol. The minimum Gasteiger partial charge on any atom is -0.444 e. The van der Waals surface area contributed by atoms with Crippen LogP contribution < -0.4 is 0 Å². The van der Waals surface area contributed by atoms with Gasteiger partial charge in [-0.05, 0) is 40.5 Å². The Labute approximate surface area is 121 Å². The van der Waals surface area contributed by atoms with Gasteiger partial charge in [-0.3, -0.25) is 4.90 Å². The number of H-pyrrole nitrogens is 1. The standard InChI is InChI=1S/C13H21N3O2.C2H6/c1-9-8-14-11(15-9)10-6-5-7-16(10)12(17)18-13(2,3)4;1-2/h8,10H,5-7H2,1-4H3,(H,14,15);1-2H3/t10-;/m0./s1. The zero-order valence-electron chi connectivity index (χ0n) is 13.5. The molecule has 1 aromatic heterocycles. The van der Waals surface area contributed by atoms with E-state index in [9.17, 15) is 4.79 Å². The number of carbonyl (C=O) groups excluding carboxylic acids is 1. The number of ether oxygens (including phenoxy) is 1. The smallest absolute Gasteiger partial charge is 0.410 e. The highest BCUT2D eigenvalue weighted by Gasteiger charge is 2.34. The average Bonchev–Trinajstić information content (AvgIpc) is 2.97. The monoisotopic (exact) mass is 281 g/mol. The van der Waals surface area contributed by atoms with Gasteiger partial charge in [-0.2, -0.15) is 0 Å². The molecule has 1 aromatic rings. The van der Waals surface area contributed by atoms with Crippen molar-refractivity contribution in [2.45, 2.75) is 66.0 Å². The fourth-order valence-corrected chi connectivity index (χ4v) is 2.19. The Bertz CT molecular complexity index is 435. The number of nitrogens with zero attached hydrogens (tertiary/aromatic N) is 2. The van der Waals surface area contributed by atoms with Gasteiger partial charge in [-0.1, -0.05) is 13.8 Å². The summed E-state index contributed by atoms with van der Waals surface area (Å²) in [6.45, 7) is 12.3. The Morgan fingerprint density at radius 3 is 2.60 bits per heavy atom. The van der Waals surface area contributed by atoms with Crippen LogP contribution in [0.25, 0.3) is 0 Å². The van der Waals surface area contributed by atoms with Crippen molar-refractivity contribution in [3.8, 4) is 0 Å². The third-order valence-corrected chi connectivity index (χ3v) is 2.92. The summed E-state index contributed by atoms with van der Waals surface area (Å²) in [7, 11) is 0. The van der Waals surface area contributed by atoms with Gasteiger partial charge in [0.1, 0.15) is 11.4 Å². The van der Waals surface area contributed by atoms with E-state index in [-0.39, 0.29) is 12.1 Å². The zero-order chi connectivity index (χ0) is 15.3. The number of hydrogen-bond donors (Lipinski definition) is 1. The molecule has 0 aromatic carbocycles. The van der Waals surface area contributed by atoms with Crippen LogP contribution in [0.5, 0.6) is 0 Å². The van der Waals surface area contributed by atoms with Crippen molar-refractivity contribution < 1.29 is 9.53 Å². The number of carbonyl (C=O) groups is 1. The van der Waals surface area contributed by atoms with Crippen molar-refractivity contribution in [2.24, 2.45) is 0 Å². The second-order valence-corrected chi connectivity index (χ2v) is 5.78. The molecule has 1 fully saturated rings. The van der Waals surface area contributed by atoms with E-state index in [2.05, 4.69) is 9.97 Å². The first kappa shape index (κ1) is 16.5. The Morgan fingerprint density at radius 1 is 1.45 bits per heavy atom. The summed E-state index contributed by atoms with van der Waals surface area (Å²) in [5.41, 5.74) is 0.560. The number of aromatic nitrogens is 2. The Morgan fingerprint density at radius 2 is 2.10 bits per heavy atom. The van der Waals surface area contributed by atoms with E-state index >= 15 is 0 Å². The molecule has 1 amide bonds. The molecule has 114 valence electrons. The Balaban J connectivity index is 0.000000956. The summed E-state index contributed by atoms with van der Waals surface area (Å²) in [6.07, 6.45) is 3.47. The number of rotatable bonds is 1. The van der Waals surface area contributed by atoms with Crippen molar-refractivity contribution >= 4 is 6.09 Å². The summed E-state index contributed by atoms with van der Waals surface area (Å²) in [5, 5.41) is 0. The Kier molecular flexibility index (Phi) is 5.60. The van der Waals surface area contributed by atoms with Gasteiger partial charge in [0.15, 0.2) is 0 Å². The lowest BCUT2D eigenvalue weighted by molar-refractivity contribution is 0.0218. The van der Waals surface area contributed by atoms with E-state index in [0.717, 1.165) is 30.9 Å². The third-order valence-electron chi connectivity index (χ3n) is 2.92. The first-order valence-electron chi connectivity index (χ1n) is 7.38. The van der Waals surface area contributed by atoms with E-state index in [1.54, 1.807) is 11.1 Å². The van der Waals surface area contributed by atoms with Crippen LogP contribution in [0.15, 0.2) is 6.20 Å². The van der Waals surface area contributed by atoms with E-state index in [1.807, 2.05) is 41.5 Å². The number of likely N-dealkylation sites (tertiary alicyclic amines) is 1. The van der Waals surface area contributed by atoms with Gasteiger partial charge in [0, 0.05) is 18.4 Å². The van der Waals surface area contributed by atoms with Crippen LogP contribution in [-0.2, 0) is 4.74 Å². The number of imidazole rings is 1. The van der Waals surface area contributed by atoms with Crippen molar-refractivity contribution in [1.29, 1.82) is 0 Å².